The van der Waals surface area contributed by atoms with Gasteiger partial charge in [0.1, 0.15) is 0 Å². The second kappa shape index (κ2) is 4.78. The molecule has 2 fully saturated rings. The Morgan fingerprint density at radius 2 is 2.00 bits per heavy atom. The van der Waals surface area contributed by atoms with Crippen molar-refractivity contribution in [2.24, 2.45) is 5.73 Å². The molecule has 2 heterocycles. The fraction of sp³-hybridized carbons (Fsp3) is 1.00. The van der Waals surface area contributed by atoms with Crippen LogP contribution < -0.4 is 5.73 Å². The molecule has 0 saturated carbocycles. The van der Waals surface area contributed by atoms with Gasteiger partial charge in [0, 0.05) is 37.9 Å². The second-order valence-electron chi connectivity index (χ2n) is 4.91. The Morgan fingerprint density at radius 1 is 1.27 bits per heavy atom. The van der Waals surface area contributed by atoms with Gasteiger partial charge in [0.15, 0.2) is 0 Å². The molecular formula is C11H22N2O2. The van der Waals surface area contributed by atoms with Crippen molar-refractivity contribution in [3.63, 3.8) is 0 Å². The van der Waals surface area contributed by atoms with Gasteiger partial charge in [0.2, 0.25) is 0 Å². The molecule has 0 amide bonds. The minimum absolute atomic E-state index is 0.0460. The summed E-state index contributed by atoms with van der Waals surface area (Å²) in [4.78, 5) is 2.36. The molecule has 2 saturated heterocycles. The van der Waals surface area contributed by atoms with Crippen LogP contribution >= 0.6 is 0 Å². The summed E-state index contributed by atoms with van der Waals surface area (Å²) in [5.74, 6) is 0. The highest BCUT2D eigenvalue weighted by molar-refractivity contribution is 4.90. The number of likely N-dealkylation sites (N-methyl/N-ethyl adjacent to an activating group) is 1. The third-order valence-corrected chi connectivity index (χ3v) is 3.58. The fourth-order valence-corrected chi connectivity index (χ4v) is 2.43. The van der Waals surface area contributed by atoms with Crippen molar-refractivity contribution in [3.8, 4) is 0 Å². The standard InChI is InChI=1S/C11H22N2O2/c1-13(10-2-5-15-8-10)9-11(12)3-6-14-7-4-11/h10H,2-9,12H2,1H3. The Bertz CT molecular complexity index is 199. The highest BCUT2D eigenvalue weighted by Gasteiger charge is 2.32. The van der Waals surface area contributed by atoms with E-state index in [0.717, 1.165) is 52.2 Å². The van der Waals surface area contributed by atoms with Crippen molar-refractivity contribution in [2.75, 3.05) is 40.0 Å². The Kier molecular flexibility index (Phi) is 3.61. The van der Waals surface area contributed by atoms with Crippen LogP contribution in [0.15, 0.2) is 0 Å². The van der Waals surface area contributed by atoms with Crippen LogP contribution in [0.1, 0.15) is 19.3 Å². The molecule has 0 aromatic rings. The lowest BCUT2D eigenvalue weighted by atomic mass is 9.90. The van der Waals surface area contributed by atoms with Crippen LogP contribution in [-0.2, 0) is 9.47 Å². The van der Waals surface area contributed by atoms with Gasteiger partial charge in [-0.1, -0.05) is 0 Å². The lowest BCUT2D eigenvalue weighted by Crippen LogP contribution is -2.54. The number of nitrogens with two attached hydrogens (primary N) is 1. The van der Waals surface area contributed by atoms with Gasteiger partial charge in [0.05, 0.1) is 6.61 Å². The van der Waals surface area contributed by atoms with E-state index in [-0.39, 0.29) is 5.54 Å². The van der Waals surface area contributed by atoms with Crippen LogP contribution in [0.4, 0.5) is 0 Å². The van der Waals surface area contributed by atoms with E-state index in [0.29, 0.717) is 6.04 Å². The van der Waals surface area contributed by atoms with E-state index >= 15 is 0 Å². The second-order valence-corrected chi connectivity index (χ2v) is 4.91. The molecule has 0 bridgehead atoms. The lowest BCUT2D eigenvalue weighted by molar-refractivity contribution is 0.0343. The summed E-state index contributed by atoms with van der Waals surface area (Å²) < 4.78 is 10.7. The van der Waals surface area contributed by atoms with Crippen LogP contribution in [0.5, 0.6) is 0 Å². The summed E-state index contributed by atoms with van der Waals surface area (Å²) in [6, 6.07) is 0.563. The Labute approximate surface area is 91.7 Å². The third-order valence-electron chi connectivity index (χ3n) is 3.58. The minimum Gasteiger partial charge on any atom is -0.381 e. The average molecular weight is 214 g/mol. The number of hydrogen-bond acceptors (Lipinski definition) is 4. The summed E-state index contributed by atoms with van der Waals surface area (Å²) in [5, 5.41) is 0. The first-order valence-electron chi connectivity index (χ1n) is 5.84. The van der Waals surface area contributed by atoms with Gasteiger partial charge >= 0.3 is 0 Å². The largest absolute Gasteiger partial charge is 0.381 e. The maximum absolute atomic E-state index is 6.37. The van der Waals surface area contributed by atoms with Crippen LogP contribution in [0, 0.1) is 0 Å². The maximum atomic E-state index is 6.37. The van der Waals surface area contributed by atoms with Gasteiger partial charge in [-0.3, -0.25) is 4.90 Å². The maximum Gasteiger partial charge on any atom is 0.0622 e. The average Bonchev–Trinajstić information content (AvgIpc) is 2.70. The predicted octanol–water partition coefficient (Wildman–Crippen LogP) is 0.215. The zero-order valence-electron chi connectivity index (χ0n) is 9.58. The highest BCUT2D eigenvalue weighted by Crippen LogP contribution is 2.21. The summed E-state index contributed by atoms with van der Waals surface area (Å²) in [5.41, 5.74) is 6.32. The van der Waals surface area contributed by atoms with Crippen molar-refractivity contribution >= 4 is 0 Å². The Balaban J connectivity index is 1.83. The SMILES string of the molecule is CN(CC1(N)CCOCC1)C1CCOC1. The lowest BCUT2D eigenvalue weighted by Gasteiger charge is -2.38. The van der Waals surface area contributed by atoms with E-state index < -0.39 is 0 Å². The molecule has 0 aromatic carbocycles. The van der Waals surface area contributed by atoms with E-state index in [1.807, 2.05) is 0 Å². The molecule has 88 valence electrons. The predicted molar refractivity (Wildman–Crippen MR) is 58.8 cm³/mol. The first kappa shape index (κ1) is 11.3. The van der Waals surface area contributed by atoms with Crippen molar-refractivity contribution in [3.05, 3.63) is 0 Å². The number of rotatable bonds is 3. The molecule has 2 aliphatic heterocycles. The molecule has 1 atom stereocenters. The Morgan fingerprint density at radius 3 is 2.60 bits per heavy atom. The quantitative estimate of drug-likeness (QED) is 0.730. The summed E-state index contributed by atoms with van der Waals surface area (Å²) in [6.45, 7) is 4.35. The number of nitrogens with zero attached hydrogens (tertiary/aromatic N) is 1. The summed E-state index contributed by atoms with van der Waals surface area (Å²) in [7, 11) is 2.16. The first-order chi connectivity index (χ1) is 7.20. The van der Waals surface area contributed by atoms with E-state index in [4.69, 9.17) is 15.2 Å². The van der Waals surface area contributed by atoms with E-state index in [1.165, 1.54) is 0 Å². The zero-order chi connectivity index (χ0) is 10.7. The third kappa shape index (κ3) is 2.91. The van der Waals surface area contributed by atoms with Crippen LogP contribution in [-0.4, -0.2) is 56.5 Å². The fourth-order valence-electron chi connectivity index (χ4n) is 2.43. The van der Waals surface area contributed by atoms with E-state index in [1.54, 1.807) is 0 Å². The van der Waals surface area contributed by atoms with E-state index in [2.05, 4.69) is 11.9 Å². The van der Waals surface area contributed by atoms with Crippen molar-refractivity contribution < 1.29 is 9.47 Å². The Hall–Kier alpha value is -0.160. The molecule has 0 aromatic heterocycles. The molecule has 0 spiro atoms. The topological polar surface area (TPSA) is 47.7 Å². The van der Waals surface area contributed by atoms with Gasteiger partial charge in [-0.25, -0.2) is 0 Å². The molecule has 0 aliphatic carbocycles. The van der Waals surface area contributed by atoms with Crippen LogP contribution in [0.3, 0.4) is 0 Å². The van der Waals surface area contributed by atoms with Crippen LogP contribution in [0.2, 0.25) is 0 Å². The van der Waals surface area contributed by atoms with Crippen molar-refractivity contribution in [2.45, 2.75) is 30.8 Å². The number of hydrogen-bond donors (Lipinski definition) is 1. The molecule has 1 unspecified atom stereocenters. The van der Waals surface area contributed by atoms with Gasteiger partial charge < -0.3 is 15.2 Å². The molecule has 2 N–H and O–H groups in total. The molecule has 4 heteroatoms. The first-order valence-corrected chi connectivity index (χ1v) is 5.84. The number of ether oxygens (including phenoxy) is 2. The van der Waals surface area contributed by atoms with Gasteiger partial charge in [-0.15, -0.1) is 0 Å². The van der Waals surface area contributed by atoms with Gasteiger partial charge in [0.25, 0.3) is 0 Å². The molecule has 2 rings (SSSR count). The smallest absolute Gasteiger partial charge is 0.0622 e. The summed E-state index contributed by atoms with van der Waals surface area (Å²) >= 11 is 0. The van der Waals surface area contributed by atoms with Crippen molar-refractivity contribution in [1.29, 1.82) is 0 Å². The van der Waals surface area contributed by atoms with Gasteiger partial charge in [-0.2, -0.15) is 0 Å². The van der Waals surface area contributed by atoms with E-state index in [9.17, 15) is 0 Å². The highest BCUT2D eigenvalue weighted by atomic mass is 16.5. The molecule has 4 nitrogen and oxygen atoms in total. The van der Waals surface area contributed by atoms with Gasteiger partial charge in [-0.05, 0) is 26.3 Å². The summed E-state index contributed by atoms with van der Waals surface area (Å²) in [6.07, 6.45) is 3.10. The molecule has 15 heavy (non-hydrogen) atoms. The normalized spacial score (nSPS) is 31.0. The molecule has 0 radical (unpaired) electrons. The molecular weight excluding hydrogens is 192 g/mol. The van der Waals surface area contributed by atoms with Crippen LogP contribution in [0.25, 0.3) is 0 Å². The molecule has 2 aliphatic rings. The zero-order valence-corrected chi connectivity index (χ0v) is 9.58. The van der Waals surface area contributed by atoms with Crippen molar-refractivity contribution in [1.82, 2.24) is 4.90 Å². The monoisotopic (exact) mass is 214 g/mol. The minimum atomic E-state index is -0.0460.